The largest absolute Gasteiger partial charge is 0.394 e. The normalized spacial score (nSPS) is 22.0. The van der Waals surface area contributed by atoms with Crippen LogP contribution in [0.1, 0.15) is 21.8 Å². The van der Waals surface area contributed by atoms with Gasteiger partial charge in [0.15, 0.2) is 0 Å². The molecule has 3 atom stereocenters. The number of hydrogen-bond acceptors (Lipinski definition) is 3. The maximum absolute atomic E-state index is 14.1. The fourth-order valence-corrected chi connectivity index (χ4v) is 5.01. The number of amides is 2. The van der Waals surface area contributed by atoms with Crippen LogP contribution in [-0.4, -0.2) is 58.5 Å². The third-order valence-corrected chi connectivity index (χ3v) is 6.61. The summed E-state index contributed by atoms with van der Waals surface area (Å²) in [6.07, 6.45) is 0. The average Bonchev–Trinajstić information content (AvgIpc) is 2.81. The molecule has 5 rings (SSSR count). The first kappa shape index (κ1) is 21.3. The van der Waals surface area contributed by atoms with Crippen LogP contribution in [0.15, 0.2) is 72.8 Å². The molecular weight excluding hydrogens is 426 g/mol. The topological polar surface area (TPSA) is 60.9 Å². The smallest absolute Gasteiger partial charge is 0.254 e. The lowest BCUT2D eigenvalue weighted by Crippen LogP contribution is -2.73. The first-order valence-corrected chi connectivity index (χ1v) is 10.8. The predicted molar refractivity (Wildman–Crippen MR) is 118 cm³/mol. The number of halogens is 2. The number of nitrogens with zero attached hydrogens (tertiary/aromatic N) is 2. The highest BCUT2D eigenvalue weighted by Crippen LogP contribution is 2.43. The van der Waals surface area contributed by atoms with Crippen molar-refractivity contribution in [2.24, 2.45) is 0 Å². The monoisotopic (exact) mass is 448 g/mol. The van der Waals surface area contributed by atoms with Crippen molar-refractivity contribution >= 4 is 11.8 Å². The van der Waals surface area contributed by atoms with Crippen LogP contribution >= 0.6 is 0 Å². The van der Waals surface area contributed by atoms with E-state index in [9.17, 15) is 23.5 Å². The van der Waals surface area contributed by atoms with Crippen molar-refractivity contribution in [1.82, 2.24) is 9.80 Å². The Balaban J connectivity index is 1.39. The summed E-state index contributed by atoms with van der Waals surface area (Å²) in [5.74, 6) is -1.45. The highest BCUT2D eigenvalue weighted by molar-refractivity contribution is 5.97. The summed E-state index contributed by atoms with van der Waals surface area (Å²) < 4.78 is 27.4. The first-order chi connectivity index (χ1) is 16.0. The Morgan fingerprint density at radius 3 is 2.33 bits per heavy atom. The molecule has 0 aromatic heterocycles. The Hall–Kier alpha value is -3.58. The lowest BCUT2D eigenvalue weighted by molar-refractivity contribution is -0.159. The zero-order valence-electron chi connectivity index (χ0n) is 17.7. The van der Waals surface area contributed by atoms with Crippen LogP contribution in [0.4, 0.5) is 8.78 Å². The highest BCUT2D eigenvalue weighted by Gasteiger charge is 2.54. The van der Waals surface area contributed by atoms with Crippen LogP contribution in [0.2, 0.25) is 0 Å². The van der Waals surface area contributed by atoms with Gasteiger partial charge in [0.05, 0.1) is 18.7 Å². The Morgan fingerprint density at radius 1 is 0.970 bits per heavy atom. The van der Waals surface area contributed by atoms with Gasteiger partial charge >= 0.3 is 0 Å². The summed E-state index contributed by atoms with van der Waals surface area (Å²) in [5.41, 5.74) is 2.48. The minimum absolute atomic E-state index is 0.0812. The second-order valence-corrected chi connectivity index (χ2v) is 8.44. The third-order valence-electron chi connectivity index (χ3n) is 6.61. The summed E-state index contributed by atoms with van der Waals surface area (Å²) in [5, 5.41) is 9.96. The molecule has 0 spiro atoms. The Bertz CT molecular complexity index is 1200. The van der Waals surface area contributed by atoms with E-state index < -0.39 is 5.82 Å². The van der Waals surface area contributed by atoms with Gasteiger partial charge in [0, 0.05) is 23.6 Å². The molecule has 0 bridgehead atoms. The Kier molecular flexibility index (Phi) is 5.42. The molecule has 2 aliphatic rings. The van der Waals surface area contributed by atoms with E-state index in [-0.39, 0.29) is 48.8 Å². The maximum atomic E-state index is 14.1. The summed E-state index contributed by atoms with van der Waals surface area (Å²) >= 11 is 0. The van der Waals surface area contributed by atoms with E-state index in [1.165, 1.54) is 35.2 Å². The Labute approximate surface area is 189 Å². The van der Waals surface area contributed by atoms with Gasteiger partial charge in [-0.3, -0.25) is 9.59 Å². The van der Waals surface area contributed by atoms with Gasteiger partial charge in [0.2, 0.25) is 5.91 Å². The molecule has 168 valence electrons. The van der Waals surface area contributed by atoms with Crippen molar-refractivity contribution < 1.29 is 23.5 Å². The number of aliphatic hydroxyl groups excluding tert-OH is 1. The minimum atomic E-state index is -0.434. The van der Waals surface area contributed by atoms with Crippen molar-refractivity contribution in [3.05, 3.63) is 95.6 Å². The molecule has 0 aliphatic carbocycles. The van der Waals surface area contributed by atoms with E-state index in [1.54, 1.807) is 23.1 Å². The van der Waals surface area contributed by atoms with Gasteiger partial charge in [-0.2, -0.15) is 0 Å². The standard InChI is InChI=1S/C26H22F2N2O3/c27-19-11-9-18(10-12-19)26(33)29-13-22-25(23(15-31)30(22)24(32)14-29)17-7-5-16(6-8-17)20-3-1-2-4-21(20)28/h1-12,22-23,25,31H,13-15H2/t22-,23+,25+/m0/s1. The number of benzene rings is 3. The molecule has 0 saturated carbocycles. The van der Waals surface area contributed by atoms with Gasteiger partial charge in [-0.05, 0) is 41.5 Å². The minimum Gasteiger partial charge on any atom is -0.394 e. The molecule has 3 aromatic carbocycles. The number of aliphatic hydroxyl groups is 1. The quantitative estimate of drug-likeness (QED) is 0.665. The summed E-state index contributed by atoms with van der Waals surface area (Å²) in [6.45, 7) is 0.0498. The zero-order chi connectivity index (χ0) is 23.1. The summed E-state index contributed by atoms with van der Waals surface area (Å²) in [7, 11) is 0. The molecule has 3 aromatic rings. The van der Waals surface area contributed by atoms with Gasteiger partial charge < -0.3 is 14.9 Å². The molecule has 2 saturated heterocycles. The van der Waals surface area contributed by atoms with E-state index in [0.29, 0.717) is 17.7 Å². The fourth-order valence-electron chi connectivity index (χ4n) is 5.01. The lowest BCUT2D eigenvalue weighted by Gasteiger charge is -2.58. The molecule has 5 nitrogen and oxygen atoms in total. The van der Waals surface area contributed by atoms with Crippen LogP contribution in [0.25, 0.3) is 11.1 Å². The molecular formula is C26H22F2N2O3. The molecule has 2 heterocycles. The fraction of sp³-hybridized carbons (Fsp3) is 0.231. The first-order valence-electron chi connectivity index (χ1n) is 10.8. The van der Waals surface area contributed by atoms with Crippen LogP contribution in [0, 0.1) is 11.6 Å². The van der Waals surface area contributed by atoms with Crippen LogP contribution in [-0.2, 0) is 4.79 Å². The second-order valence-electron chi connectivity index (χ2n) is 8.44. The van der Waals surface area contributed by atoms with Gasteiger partial charge in [-0.1, -0.05) is 42.5 Å². The van der Waals surface area contributed by atoms with Crippen LogP contribution in [0.3, 0.4) is 0 Å². The van der Waals surface area contributed by atoms with Gasteiger partial charge in [-0.15, -0.1) is 0 Å². The third kappa shape index (κ3) is 3.68. The molecule has 0 radical (unpaired) electrons. The number of carbonyl (C=O) groups is 2. The Morgan fingerprint density at radius 2 is 1.67 bits per heavy atom. The van der Waals surface area contributed by atoms with Crippen molar-refractivity contribution in [2.45, 2.75) is 18.0 Å². The molecule has 33 heavy (non-hydrogen) atoms. The zero-order valence-corrected chi connectivity index (χ0v) is 17.7. The number of hydrogen-bond donors (Lipinski definition) is 1. The van der Waals surface area contributed by atoms with Gasteiger partial charge in [0.1, 0.15) is 18.2 Å². The number of carbonyl (C=O) groups excluding carboxylic acids is 2. The molecule has 2 fully saturated rings. The highest BCUT2D eigenvalue weighted by atomic mass is 19.1. The van der Waals surface area contributed by atoms with E-state index in [0.717, 1.165) is 11.1 Å². The molecule has 2 aliphatic heterocycles. The number of fused-ring (bicyclic) bond motifs is 1. The van der Waals surface area contributed by atoms with E-state index in [1.807, 2.05) is 24.3 Å². The number of rotatable bonds is 4. The number of piperazine rings is 1. The molecule has 1 N–H and O–H groups in total. The van der Waals surface area contributed by atoms with Crippen molar-refractivity contribution in [2.75, 3.05) is 19.7 Å². The van der Waals surface area contributed by atoms with E-state index in [4.69, 9.17) is 0 Å². The van der Waals surface area contributed by atoms with Crippen molar-refractivity contribution in [3.63, 3.8) is 0 Å². The van der Waals surface area contributed by atoms with Crippen molar-refractivity contribution in [1.29, 1.82) is 0 Å². The second kappa shape index (κ2) is 8.41. The van der Waals surface area contributed by atoms with Crippen molar-refractivity contribution in [3.8, 4) is 11.1 Å². The van der Waals surface area contributed by atoms with Gasteiger partial charge in [-0.25, -0.2) is 8.78 Å². The SMILES string of the molecule is O=C(c1ccc(F)cc1)N1CC(=O)N2[C@H](CO)[C@H](c3ccc(-c4ccccc4F)cc3)[C@@H]2C1. The van der Waals surface area contributed by atoms with Crippen LogP contribution < -0.4 is 0 Å². The van der Waals surface area contributed by atoms with Crippen LogP contribution in [0.5, 0.6) is 0 Å². The van der Waals surface area contributed by atoms with E-state index >= 15 is 0 Å². The predicted octanol–water partition coefficient (Wildman–Crippen LogP) is 3.44. The van der Waals surface area contributed by atoms with E-state index in [2.05, 4.69) is 0 Å². The summed E-state index contributed by atoms with van der Waals surface area (Å²) in [6, 6.07) is 18.6. The molecule has 2 amide bonds. The lowest BCUT2D eigenvalue weighted by atomic mass is 9.73. The average molecular weight is 448 g/mol. The molecule has 7 heteroatoms. The molecule has 0 unspecified atom stereocenters. The van der Waals surface area contributed by atoms with Gasteiger partial charge in [0.25, 0.3) is 5.91 Å². The summed E-state index contributed by atoms with van der Waals surface area (Å²) in [4.78, 5) is 28.8. The maximum Gasteiger partial charge on any atom is 0.254 e.